The maximum Gasteiger partial charge on any atom is 0.190 e. The summed E-state index contributed by atoms with van der Waals surface area (Å²) in [4.78, 5) is 2.76. The highest BCUT2D eigenvalue weighted by molar-refractivity contribution is 5.18. The topological polar surface area (TPSA) is 67.2 Å². The third kappa shape index (κ3) is 2.68. The van der Waals surface area contributed by atoms with Gasteiger partial charge in [0.2, 0.25) is 0 Å². The van der Waals surface area contributed by atoms with E-state index in [0.29, 0.717) is 19.6 Å². The first-order valence-corrected chi connectivity index (χ1v) is 6.28. The fourth-order valence-electron chi connectivity index (χ4n) is 2.53. The van der Waals surface area contributed by atoms with Crippen molar-refractivity contribution in [1.82, 2.24) is 0 Å². The van der Waals surface area contributed by atoms with E-state index in [-0.39, 0.29) is 0 Å². The van der Waals surface area contributed by atoms with Crippen molar-refractivity contribution in [3.8, 4) is 12.3 Å². The summed E-state index contributed by atoms with van der Waals surface area (Å²) in [5.74, 6) is 1.97. The first-order valence-electron chi connectivity index (χ1n) is 6.28. The van der Waals surface area contributed by atoms with E-state index < -0.39 is 11.8 Å². The van der Waals surface area contributed by atoms with E-state index in [1.807, 2.05) is 0 Å². The quantitative estimate of drug-likeness (QED) is 0.252. The first kappa shape index (κ1) is 13.0. The van der Waals surface area contributed by atoms with Crippen molar-refractivity contribution >= 4 is 0 Å². The molecule has 0 aromatic carbocycles. The molecule has 1 aliphatic heterocycles. The van der Waals surface area contributed by atoms with Crippen LogP contribution in [0.3, 0.4) is 0 Å². The summed E-state index contributed by atoms with van der Waals surface area (Å²) in [5.41, 5.74) is 9.56. The van der Waals surface area contributed by atoms with Crippen molar-refractivity contribution in [3.63, 3.8) is 0 Å². The fraction of sp³-hybridized carbons (Fsp3) is 0.692. The van der Waals surface area contributed by atoms with E-state index in [9.17, 15) is 0 Å². The van der Waals surface area contributed by atoms with Crippen molar-refractivity contribution in [1.29, 1.82) is 0 Å². The van der Waals surface area contributed by atoms with E-state index >= 15 is 0 Å². The van der Waals surface area contributed by atoms with Crippen LogP contribution in [0.2, 0.25) is 0 Å². The van der Waals surface area contributed by atoms with Crippen LogP contribution < -0.4 is 0 Å². The minimum absolute atomic E-state index is 0.392. The molecule has 1 unspecified atom stereocenters. The van der Waals surface area contributed by atoms with E-state index in [0.717, 1.165) is 31.3 Å². The molecule has 18 heavy (non-hydrogen) atoms. The van der Waals surface area contributed by atoms with Gasteiger partial charge < -0.3 is 9.47 Å². The summed E-state index contributed by atoms with van der Waals surface area (Å²) >= 11 is 0. The highest BCUT2D eigenvalue weighted by Crippen LogP contribution is 2.39. The van der Waals surface area contributed by atoms with Gasteiger partial charge in [-0.2, -0.15) is 0 Å². The van der Waals surface area contributed by atoms with Gasteiger partial charge in [0.1, 0.15) is 0 Å². The molecule has 0 radical (unpaired) electrons. The van der Waals surface area contributed by atoms with Crippen LogP contribution in [0.5, 0.6) is 0 Å². The summed E-state index contributed by atoms with van der Waals surface area (Å²) in [6.07, 6.45) is 11.9. The predicted octanol–water partition coefficient (Wildman–Crippen LogP) is 2.93. The molecule has 0 aromatic heterocycles. The molecule has 0 N–H and O–H groups in total. The standard InChI is InChI=1S/C13H17N3O2/c1-2-12(15-16-14)7-6-11-5-3-4-8-13(11)17-9-10-18-13/h1,5,12H,3-4,6-10H2. The van der Waals surface area contributed by atoms with Crippen molar-refractivity contribution in [2.75, 3.05) is 13.2 Å². The van der Waals surface area contributed by atoms with Gasteiger partial charge in [0.05, 0.1) is 19.3 Å². The lowest BCUT2D eigenvalue weighted by molar-refractivity contribution is -0.136. The summed E-state index contributed by atoms with van der Waals surface area (Å²) in [6, 6.07) is -0.392. The third-order valence-corrected chi connectivity index (χ3v) is 3.41. The van der Waals surface area contributed by atoms with Gasteiger partial charge in [-0.25, -0.2) is 0 Å². The zero-order chi connectivity index (χ0) is 12.8. The smallest absolute Gasteiger partial charge is 0.190 e. The Labute approximate surface area is 107 Å². The average Bonchev–Trinajstić information content (AvgIpc) is 2.85. The maximum atomic E-state index is 8.41. The molecule has 1 atom stereocenters. The van der Waals surface area contributed by atoms with Gasteiger partial charge in [0.15, 0.2) is 5.79 Å². The monoisotopic (exact) mass is 247 g/mol. The van der Waals surface area contributed by atoms with Crippen LogP contribution in [0, 0.1) is 12.3 Å². The lowest BCUT2D eigenvalue weighted by Gasteiger charge is -2.33. The molecule has 5 nitrogen and oxygen atoms in total. The summed E-state index contributed by atoms with van der Waals surface area (Å²) < 4.78 is 11.5. The SMILES string of the molecule is C#CC(CCC1=CCCCC12OCCO2)N=[N+]=[N-]. The molecule has 2 aliphatic rings. The molecule has 1 heterocycles. The number of hydrogen-bond donors (Lipinski definition) is 0. The largest absolute Gasteiger partial charge is 0.344 e. The Balaban J connectivity index is 2.01. The number of nitrogens with zero attached hydrogens (tertiary/aromatic N) is 3. The van der Waals surface area contributed by atoms with E-state index in [2.05, 4.69) is 22.0 Å². The molecular weight excluding hydrogens is 230 g/mol. The molecular formula is C13H17N3O2. The second-order valence-electron chi connectivity index (χ2n) is 4.50. The molecule has 96 valence electrons. The predicted molar refractivity (Wildman–Crippen MR) is 67.6 cm³/mol. The lowest BCUT2D eigenvalue weighted by atomic mass is 9.89. The Morgan fingerprint density at radius 3 is 3.00 bits per heavy atom. The average molecular weight is 247 g/mol. The number of allylic oxidation sites excluding steroid dienone is 1. The molecule has 2 rings (SSSR count). The molecule has 1 fully saturated rings. The second kappa shape index (κ2) is 5.92. The van der Waals surface area contributed by atoms with Crippen LogP contribution in [-0.2, 0) is 9.47 Å². The molecule has 0 bridgehead atoms. The Kier molecular flexibility index (Phi) is 4.27. The normalized spacial score (nSPS) is 22.9. The fourth-order valence-corrected chi connectivity index (χ4v) is 2.53. The van der Waals surface area contributed by atoms with Crippen LogP contribution in [0.1, 0.15) is 32.1 Å². The molecule has 0 aromatic rings. The number of terminal acetylenes is 1. The minimum atomic E-state index is -0.520. The van der Waals surface area contributed by atoms with E-state index in [1.165, 1.54) is 0 Å². The third-order valence-electron chi connectivity index (χ3n) is 3.41. The van der Waals surface area contributed by atoms with Crippen molar-refractivity contribution in [2.24, 2.45) is 5.11 Å². The van der Waals surface area contributed by atoms with Gasteiger partial charge in [-0.3, -0.25) is 0 Å². The van der Waals surface area contributed by atoms with Gasteiger partial charge >= 0.3 is 0 Å². The van der Waals surface area contributed by atoms with Gasteiger partial charge in [-0.1, -0.05) is 17.1 Å². The zero-order valence-electron chi connectivity index (χ0n) is 10.3. The second-order valence-corrected chi connectivity index (χ2v) is 4.50. The Hall–Kier alpha value is -1.47. The first-order chi connectivity index (χ1) is 8.80. The van der Waals surface area contributed by atoms with Crippen molar-refractivity contribution in [3.05, 3.63) is 22.1 Å². The zero-order valence-corrected chi connectivity index (χ0v) is 10.3. The Morgan fingerprint density at radius 2 is 2.33 bits per heavy atom. The summed E-state index contributed by atoms with van der Waals surface area (Å²) in [5, 5.41) is 3.58. The maximum absolute atomic E-state index is 8.41. The molecule has 1 spiro atoms. The number of rotatable bonds is 4. The van der Waals surface area contributed by atoms with Gasteiger partial charge in [0.25, 0.3) is 0 Å². The Bertz CT molecular complexity index is 412. The molecule has 0 saturated carbocycles. The molecule has 1 aliphatic carbocycles. The molecule has 1 saturated heterocycles. The van der Waals surface area contributed by atoms with Crippen molar-refractivity contribution in [2.45, 2.75) is 43.9 Å². The lowest BCUT2D eigenvalue weighted by Crippen LogP contribution is -2.34. The molecule has 5 heteroatoms. The highest BCUT2D eigenvalue weighted by atomic mass is 16.7. The van der Waals surface area contributed by atoms with Gasteiger partial charge in [-0.05, 0) is 36.8 Å². The van der Waals surface area contributed by atoms with Crippen molar-refractivity contribution < 1.29 is 9.47 Å². The van der Waals surface area contributed by atoms with Crippen LogP contribution in [0.4, 0.5) is 0 Å². The Morgan fingerprint density at radius 1 is 1.56 bits per heavy atom. The number of ether oxygens (including phenoxy) is 2. The van der Waals surface area contributed by atoms with Crippen LogP contribution in [0.15, 0.2) is 16.8 Å². The van der Waals surface area contributed by atoms with Gasteiger partial charge in [-0.15, -0.1) is 6.42 Å². The molecule has 0 amide bonds. The highest BCUT2D eigenvalue weighted by Gasteiger charge is 2.41. The van der Waals surface area contributed by atoms with Gasteiger partial charge in [0, 0.05) is 11.3 Å². The summed E-state index contributed by atoms with van der Waals surface area (Å²) in [6.45, 7) is 1.29. The van der Waals surface area contributed by atoms with E-state index in [1.54, 1.807) is 0 Å². The van der Waals surface area contributed by atoms with Crippen LogP contribution >= 0.6 is 0 Å². The minimum Gasteiger partial charge on any atom is -0.344 e. The van der Waals surface area contributed by atoms with Crippen LogP contribution in [-0.4, -0.2) is 25.0 Å². The number of azide groups is 1. The van der Waals surface area contributed by atoms with E-state index in [4.69, 9.17) is 21.4 Å². The van der Waals surface area contributed by atoms with Crippen LogP contribution in [0.25, 0.3) is 10.4 Å². The number of hydrogen-bond acceptors (Lipinski definition) is 3. The summed E-state index contributed by atoms with van der Waals surface area (Å²) in [7, 11) is 0.